The lowest BCUT2D eigenvalue weighted by atomic mass is 10.1. The first kappa shape index (κ1) is 24.5. The molecule has 2 aromatic carbocycles. The number of aromatic nitrogens is 3. The molecule has 8 nitrogen and oxygen atoms in total. The van der Waals surface area contributed by atoms with Gasteiger partial charge in [0.2, 0.25) is 5.88 Å². The van der Waals surface area contributed by atoms with E-state index >= 15 is 0 Å². The van der Waals surface area contributed by atoms with Crippen LogP contribution in [-0.4, -0.2) is 40.9 Å². The average molecular weight is 497 g/mol. The summed E-state index contributed by atoms with van der Waals surface area (Å²) in [6.45, 7) is 0. The van der Waals surface area contributed by atoms with E-state index in [0.717, 1.165) is 19.2 Å². The Bertz CT molecular complexity index is 1400. The number of pyridine rings is 1. The second kappa shape index (κ2) is 9.90. The lowest BCUT2D eigenvalue weighted by Crippen LogP contribution is -2.15. The van der Waals surface area contributed by atoms with Gasteiger partial charge in [-0.25, -0.2) is 19.3 Å². The number of rotatable bonds is 6. The minimum atomic E-state index is -4.65. The first-order chi connectivity index (χ1) is 17.2. The summed E-state index contributed by atoms with van der Waals surface area (Å²) in [5, 5.41) is 4.46. The molecular formula is C25H18F3N3O5. The Labute approximate surface area is 202 Å². The Hall–Kier alpha value is -4.67. The highest BCUT2D eigenvalue weighted by molar-refractivity contribution is 6.06. The summed E-state index contributed by atoms with van der Waals surface area (Å²) < 4.78 is 56.2. The van der Waals surface area contributed by atoms with E-state index < -0.39 is 29.6 Å². The van der Waals surface area contributed by atoms with Crippen LogP contribution in [0.4, 0.5) is 13.2 Å². The number of alkyl halides is 3. The van der Waals surface area contributed by atoms with Crippen molar-refractivity contribution < 1.29 is 37.0 Å². The molecule has 0 N–H and O–H groups in total. The molecule has 0 atom stereocenters. The molecule has 11 heteroatoms. The third kappa shape index (κ3) is 4.76. The van der Waals surface area contributed by atoms with E-state index in [-0.39, 0.29) is 22.7 Å². The molecule has 0 unspecified atom stereocenters. The van der Waals surface area contributed by atoms with E-state index in [1.165, 1.54) is 42.3 Å². The Kier molecular flexibility index (Phi) is 6.73. The Balaban J connectivity index is 1.79. The zero-order valence-electron chi connectivity index (χ0n) is 18.9. The van der Waals surface area contributed by atoms with Crippen LogP contribution in [0, 0.1) is 0 Å². The number of hydrogen-bond donors (Lipinski definition) is 0. The number of nitrogens with zero attached hydrogens (tertiary/aromatic N) is 3. The predicted molar refractivity (Wildman–Crippen MR) is 121 cm³/mol. The fourth-order valence-corrected chi connectivity index (χ4v) is 3.44. The molecule has 4 rings (SSSR count). The van der Waals surface area contributed by atoms with Crippen LogP contribution in [0.15, 0.2) is 72.9 Å². The number of carbonyl (C=O) groups excluding carboxylic acids is 2. The van der Waals surface area contributed by atoms with Crippen LogP contribution in [0.3, 0.4) is 0 Å². The van der Waals surface area contributed by atoms with Crippen molar-refractivity contribution in [3.63, 3.8) is 0 Å². The zero-order chi connectivity index (χ0) is 25.9. The van der Waals surface area contributed by atoms with Crippen molar-refractivity contribution in [3.05, 3.63) is 89.7 Å². The summed E-state index contributed by atoms with van der Waals surface area (Å²) in [4.78, 5) is 29.0. The summed E-state index contributed by atoms with van der Waals surface area (Å²) in [7, 11) is 2.33. The summed E-state index contributed by atoms with van der Waals surface area (Å²) in [5.74, 6) is -2.17. The van der Waals surface area contributed by atoms with Gasteiger partial charge in [0.25, 0.3) is 0 Å². The molecule has 0 radical (unpaired) electrons. The SMILES string of the molecule is COC(=O)c1c(-c2ccc(Oc3ncccc3C(F)(F)F)cc2)nn(-c2ccccc2)c1C(=O)OC. The van der Waals surface area contributed by atoms with Gasteiger partial charge in [0.1, 0.15) is 22.6 Å². The van der Waals surface area contributed by atoms with E-state index in [2.05, 4.69) is 10.1 Å². The Morgan fingerprint density at radius 1 is 0.861 bits per heavy atom. The molecule has 0 spiro atoms. The standard InChI is InChI=1S/C25H18F3N3O5/c1-34-23(32)19-20(30-31(21(19)24(33)35-2)16-7-4-3-5-8-16)15-10-12-17(13-11-15)36-22-18(25(26,27)28)9-6-14-29-22/h3-14H,1-2H3. The number of methoxy groups -OCH3 is 2. The van der Waals surface area contributed by atoms with Gasteiger partial charge < -0.3 is 14.2 Å². The Morgan fingerprint density at radius 2 is 1.53 bits per heavy atom. The largest absolute Gasteiger partial charge is 0.465 e. The van der Waals surface area contributed by atoms with Gasteiger partial charge in [-0.2, -0.15) is 18.3 Å². The zero-order valence-corrected chi connectivity index (χ0v) is 18.9. The third-order valence-corrected chi connectivity index (χ3v) is 5.07. The molecule has 0 aliphatic rings. The van der Waals surface area contributed by atoms with Gasteiger partial charge in [-0.1, -0.05) is 18.2 Å². The minimum Gasteiger partial charge on any atom is -0.465 e. The smallest absolute Gasteiger partial charge is 0.421 e. The Morgan fingerprint density at radius 3 is 2.14 bits per heavy atom. The molecule has 2 aromatic heterocycles. The number of para-hydroxylation sites is 1. The summed E-state index contributed by atoms with van der Waals surface area (Å²) in [6, 6.07) is 16.4. The molecule has 0 saturated carbocycles. The molecule has 0 aliphatic carbocycles. The fraction of sp³-hybridized carbons (Fsp3) is 0.120. The van der Waals surface area contributed by atoms with E-state index in [0.29, 0.717) is 11.3 Å². The van der Waals surface area contributed by atoms with Crippen molar-refractivity contribution >= 4 is 11.9 Å². The minimum absolute atomic E-state index is 0.0678. The van der Waals surface area contributed by atoms with Crippen LogP contribution in [0.5, 0.6) is 11.6 Å². The molecule has 0 fully saturated rings. The second-order valence-electron chi connectivity index (χ2n) is 7.28. The number of ether oxygens (including phenoxy) is 3. The van der Waals surface area contributed by atoms with Crippen molar-refractivity contribution in [3.8, 4) is 28.6 Å². The molecule has 184 valence electrons. The quantitative estimate of drug-likeness (QED) is 0.333. The van der Waals surface area contributed by atoms with E-state index in [9.17, 15) is 22.8 Å². The third-order valence-electron chi connectivity index (χ3n) is 5.07. The van der Waals surface area contributed by atoms with Crippen molar-refractivity contribution in [2.45, 2.75) is 6.18 Å². The lowest BCUT2D eigenvalue weighted by Gasteiger charge is -2.12. The molecule has 2 heterocycles. The molecule has 36 heavy (non-hydrogen) atoms. The topological polar surface area (TPSA) is 92.5 Å². The lowest BCUT2D eigenvalue weighted by molar-refractivity contribution is -0.138. The van der Waals surface area contributed by atoms with Gasteiger partial charge in [0.15, 0.2) is 5.69 Å². The highest BCUT2D eigenvalue weighted by Crippen LogP contribution is 2.37. The molecule has 0 bridgehead atoms. The molecule has 4 aromatic rings. The maximum atomic E-state index is 13.3. The van der Waals surface area contributed by atoms with Gasteiger partial charge in [-0.15, -0.1) is 0 Å². The summed E-state index contributed by atoms with van der Waals surface area (Å²) >= 11 is 0. The van der Waals surface area contributed by atoms with E-state index in [1.807, 2.05) is 0 Å². The average Bonchev–Trinajstić information content (AvgIpc) is 3.29. The molecule has 0 saturated heterocycles. The van der Waals surface area contributed by atoms with Crippen LogP contribution in [0.1, 0.15) is 26.4 Å². The highest BCUT2D eigenvalue weighted by Gasteiger charge is 2.35. The van der Waals surface area contributed by atoms with Crippen LogP contribution in [0.2, 0.25) is 0 Å². The maximum absolute atomic E-state index is 13.3. The van der Waals surface area contributed by atoms with Gasteiger partial charge in [-0.05, 0) is 48.5 Å². The first-order valence-corrected chi connectivity index (χ1v) is 10.4. The van der Waals surface area contributed by atoms with Crippen LogP contribution < -0.4 is 4.74 Å². The molecule has 0 amide bonds. The monoisotopic (exact) mass is 497 g/mol. The van der Waals surface area contributed by atoms with Crippen LogP contribution in [0.25, 0.3) is 16.9 Å². The second-order valence-corrected chi connectivity index (χ2v) is 7.28. The van der Waals surface area contributed by atoms with E-state index in [4.69, 9.17) is 14.2 Å². The number of esters is 2. The normalized spacial score (nSPS) is 11.1. The van der Waals surface area contributed by atoms with Crippen molar-refractivity contribution in [1.82, 2.24) is 14.8 Å². The van der Waals surface area contributed by atoms with Gasteiger partial charge in [-0.3, -0.25) is 0 Å². The fourth-order valence-electron chi connectivity index (χ4n) is 3.44. The van der Waals surface area contributed by atoms with Crippen molar-refractivity contribution in [1.29, 1.82) is 0 Å². The highest BCUT2D eigenvalue weighted by atomic mass is 19.4. The number of hydrogen-bond acceptors (Lipinski definition) is 7. The maximum Gasteiger partial charge on any atom is 0.421 e. The van der Waals surface area contributed by atoms with Crippen LogP contribution >= 0.6 is 0 Å². The predicted octanol–water partition coefficient (Wildman–Crippen LogP) is 5.32. The number of carbonyl (C=O) groups is 2. The molecule has 0 aliphatic heterocycles. The summed E-state index contributed by atoms with van der Waals surface area (Å²) in [6.07, 6.45) is -3.46. The number of benzene rings is 2. The number of halogens is 3. The van der Waals surface area contributed by atoms with Crippen LogP contribution in [-0.2, 0) is 15.7 Å². The van der Waals surface area contributed by atoms with Gasteiger partial charge in [0, 0.05) is 11.8 Å². The van der Waals surface area contributed by atoms with Crippen molar-refractivity contribution in [2.75, 3.05) is 14.2 Å². The van der Waals surface area contributed by atoms with Gasteiger partial charge >= 0.3 is 18.1 Å². The summed E-state index contributed by atoms with van der Waals surface area (Å²) in [5.41, 5.74) is -0.332. The van der Waals surface area contributed by atoms with Gasteiger partial charge in [0.05, 0.1) is 19.9 Å². The van der Waals surface area contributed by atoms with Crippen molar-refractivity contribution in [2.24, 2.45) is 0 Å². The first-order valence-electron chi connectivity index (χ1n) is 10.4. The van der Waals surface area contributed by atoms with E-state index in [1.54, 1.807) is 30.3 Å². The molecular weight excluding hydrogens is 479 g/mol.